The summed E-state index contributed by atoms with van der Waals surface area (Å²) in [6.45, 7) is 4.59. The highest BCUT2D eigenvalue weighted by Gasteiger charge is 2.55. The second-order valence-electron chi connectivity index (χ2n) is 10.8. The number of aromatic nitrogens is 2. The molecule has 1 saturated heterocycles. The maximum atomic E-state index is 13.4. The molecule has 32 heavy (non-hydrogen) atoms. The van der Waals surface area contributed by atoms with Crippen molar-refractivity contribution in [1.29, 1.82) is 0 Å². The monoisotopic (exact) mass is 436 g/mol. The van der Waals surface area contributed by atoms with E-state index in [0.717, 1.165) is 25.7 Å². The van der Waals surface area contributed by atoms with Gasteiger partial charge in [-0.05, 0) is 55.4 Å². The quantitative estimate of drug-likeness (QED) is 0.751. The Kier molecular flexibility index (Phi) is 5.10. The van der Waals surface area contributed by atoms with Crippen molar-refractivity contribution in [3.8, 4) is 0 Å². The van der Waals surface area contributed by atoms with Gasteiger partial charge in [-0.1, -0.05) is 38.5 Å². The van der Waals surface area contributed by atoms with Gasteiger partial charge in [0.1, 0.15) is 6.54 Å². The Morgan fingerprint density at radius 2 is 1.97 bits per heavy atom. The fraction of sp³-hybridized carbons (Fsp3) is 0.600. The summed E-state index contributed by atoms with van der Waals surface area (Å²) in [4.78, 5) is 40.3. The average molecular weight is 437 g/mol. The molecule has 0 bridgehead atoms. The number of para-hydroxylation sites is 1. The van der Waals surface area contributed by atoms with E-state index in [1.54, 1.807) is 10.7 Å². The maximum absolute atomic E-state index is 13.4. The number of piperidine rings is 1. The molecular formula is C25H32N4O3. The van der Waals surface area contributed by atoms with Gasteiger partial charge in [-0.3, -0.25) is 19.1 Å². The van der Waals surface area contributed by atoms with E-state index >= 15 is 0 Å². The molecule has 3 fully saturated rings. The summed E-state index contributed by atoms with van der Waals surface area (Å²) in [5.74, 6) is 0.386. The highest BCUT2D eigenvalue weighted by Crippen LogP contribution is 2.49. The van der Waals surface area contributed by atoms with Gasteiger partial charge in [-0.15, -0.1) is 0 Å². The van der Waals surface area contributed by atoms with Gasteiger partial charge in [-0.2, -0.15) is 5.10 Å². The summed E-state index contributed by atoms with van der Waals surface area (Å²) in [5, 5.41) is 4.97. The van der Waals surface area contributed by atoms with Crippen LogP contribution in [-0.2, 0) is 16.1 Å². The molecule has 0 radical (unpaired) electrons. The average Bonchev–Trinajstić information content (AvgIpc) is 3.23. The smallest absolute Gasteiger partial charge is 0.269 e. The molecule has 4 atom stereocenters. The molecule has 2 saturated carbocycles. The summed E-state index contributed by atoms with van der Waals surface area (Å²) >= 11 is 0. The highest BCUT2D eigenvalue weighted by molar-refractivity contribution is 6.04. The third-order valence-corrected chi connectivity index (χ3v) is 7.74. The van der Waals surface area contributed by atoms with E-state index in [0.29, 0.717) is 34.6 Å². The molecule has 0 unspecified atom stereocenters. The van der Waals surface area contributed by atoms with Crippen LogP contribution < -0.4 is 5.73 Å². The van der Waals surface area contributed by atoms with Crippen LogP contribution in [0.1, 0.15) is 69.3 Å². The lowest BCUT2D eigenvalue weighted by molar-refractivity contribution is -0.140. The second-order valence-corrected chi connectivity index (χ2v) is 10.8. The number of carbonyl (C=O) groups is 3. The van der Waals surface area contributed by atoms with E-state index in [1.165, 1.54) is 12.8 Å². The van der Waals surface area contributed by atoms with Crippen LogP contribution in [0.3, 0.4) is 0 Å². The molecule has 2 N–H and O–H groups in total. The minimum absolute atomic E-state index is 0.0112. The standard InChI is InChI=1S/C25H32N4O3/c1-25(2)9-5-6-15(13-25)10-21(30)20-12-16-11-19(16)29(20)22(31)14-28-18-8-4-3-7-17(18)23(27-28)24(26)32/h3-4,7-8,15-16,19-20H,5-6,9-14H2,1-2H3,(H2,26,32)/t15-,16-,19-,20+/m1/s1. The normalized spacial score (nSPS) is 28.5. The zero-order valence-corrected chi connectivity index (χ0v) is 18.9. The molecule has 1 aromatic carbocycles. The molecule has 7 heteroatoms. The number of benzene rings is 1. The van der Waals surface area contributed by atoms with Crippen LogP contribution in [0.15, 0.2) is 24.3 Å². The first-order valence-corrected chi connectivity index (χ1v) is 11.8. The van der Waals surface area contributed by atoms with Crippen LogP contribution in [0.2, 0.25) is 0 Å². The first-order valence-electron chi connectivity index (χ1n) is 11.8. The Balaban J connectivity index is 1.33. The molecule has 2 aliphatic carbocycles. The number of rotatable bonds is 6. The Hall–Kier alpha value is -2.70. The Morgan fingerprint density at radius 3 is 2.72 bits per heavy atom. The van der Waals surface area contributed by atoms with Crippen LogP contribution in [0.5, 0.6) is 0 Å². The van der Waals surface area contributed by atoms with Gasteiger partial charge in [0.2, 0.25) is 5.91 Å². The fourth-order valence-corrected chi connectivity index (χ4v) is 6.19. The van der Waals surface area contributed by atoms with Crippen molar-refractivity contribution in [2.75, 3.05) is 0 Å². The zero-order valence-electron chi connectivity index (χ0n) is 18.9. The van der Waals surface area contributed by atoms with Crippen molar-refractivity contribution < 1.29 is 14.4 Å². The summed E-state index contributed by atoms with van der Waals surface area (Å²) < 4.78 is 1.55. The lowest BCUT2D eigenvalue weighted by atomic mass is 9.70. The minimum atomic E-state index is -0.612. The number of amides is 2. The van der Waals surface area contributed by atoms with Gasteiger partial charge in [0, 0.05) is 17.8 Å². The topological polar surface area (TPSA) is 98.3 Å². The van der Waals surface area contributed by atoms with Crippen molar-refractivity contribution in [2.45, 2.75) is 77.4 Å². The molecule has 2 aromatic rings. The number of hydrogen-bond donors (Lipinski definition) is 1. The molecule has 3 aliphatic rings. The highest BCUT2D eigenvalue weighted by atomic mass is 16.2. The van der Waals surface area contributed by atoms with Crippen LogP contribution >= 0.6 is 0 Å². The second kappa shape index (κ2) is 7.71. The van der Waals surface area contributed by atoms with Crippen molar-refractivity contribution in [2.24, 2.45) is 23.0 Å². The van der Waals surface area contributed by atoms with Crippen LogP contribution in [0.25, 0.3) is 10.9 Å². The predicted molar refractivity (Wildman–Crippen MR) is 121 cm³/mol. The van der Waals surface area contributed by atoms with E-state index in [9.17, 15) is 14.4 Å². The Morgan fingerprint density at radius 1 is 1.19 bits per heavy atom. The van der Waals surface area contributed by atoms with Gasteiger partial charge >= 0.3 is 0 Å². The van der Waals surface area contributed by atoms with E-state index < -0.39 is 5.91 Å². The van der Waals surface area contributed by atoms with Gasteiger partial charge in [0.25, 0.3) is 5.91 Å². The largest absolute Gasteiger partial charge is 0.364 e. The van der Waals surface area contributed by atoms with Crippen LogP contribution in [-0.4, -0.2) is 44.4 Å². The van der Waals surface area contributed by atoms with Gasteiger partial charge < -0.3 is 10.6 Å². The zero-order chi connectivity index (χ0) is 22.6. The first kappa shape index (κ1) is 21.2. The van der Waals surface area contributed by atoms with Gasteiger partial charge in [0.15, 0.2) is 11.5 Å². The molecular weight excluding hydrogens is 404 g/mol. The van der Waals surface area contributed by atoms with E-state index in [-0.39, 0.29) is 36.0 Å². The van der Waals surface area contributed by atoms with E-state index in [1.807, 2.05) is 23.1 Å². The summed E-state index contributed by atoms with van der Waals surface area (Å²) in [6, 6.07) is 7.15. The Labute approximate surface area is 188 Å². The number of carbonyl (C=O) groups excluding carboxylic acids is 3. The van der Waals surface area contributed by atoms with Crippen molar-refractivity contribution >= 4 is 28.5 Å². The molecule has 2 amide bonds. The third kappa shape index (κ3) is 3.82. The predicted octanol–water partition coefficient (Wildman–Crippen LogP) is 3.30. The molecule has 5 rings (SSSR count). The fourth-order valence-electron chi connectivity index (χ4n) is 6.19. The van der Waals surface area contributed by atoms with Crippen molar-refractivity contribution in [3.63, 3.8) is 0 Å². The summed E-state index contributed by atoms with van der Waals surface area (Å²) in [5.41, 5.74) is 6.67. The molecule has 170 valence electrons. The molecule has 1 aromatic heterocycles. The number of likely N-dealkylation sites (tertiary alicyclic amines) is 1. The first-order chi connectivity index (χ1) is 15.2. The number of nitrogens with zero attached hydrogens (tertiary/aromatic N) is 3. The number of nitrogens with two attached hydrogens (primary N) is 1. The number of fused-ring (bicyclic) bond motifs is 2. The SMILES string of the molecule is CC1(C)CCC[C@H](CC(=O)[C@@H]2C[C@H]3C[C@H]3N2C(=O)Cn2nc(C(N)=O)c3ccccc32)C1. The van der Waals surface area contributed by atoms with Crippen LogP contribution in [0.4, 0.5) is 0 Å². The molecule has 0 spiro atoms. The summed E-state index contributed by atoms with van der Waals surface area (Å²) in [7, 11) is 0. The summed E-state index contributed by atoms with van der Waals surface area (Å²) in [6.07, 6.45) is 6.95. The van der Waals surface area contributed by atoms with Crippen molar-refractivity contribution in [1.82, 2.24) is 14.7 Å². The number of ketones is 1. The van der Waals surface area contributed by atoms with Gasteiger partial charge in [-0.25, -0.2) is 0 Å². The molecule has 1 aliphatic heterocycles. The number of hydrogen-bond acceptors (Lipinski definition) is 4. The third-order valence-electron chi connectivity index (χ3n) is 7.74. The minimum Gasteiger partial charge on any atom is -0.364 e. The number of primary amides is 1. The lowest BCUT2D eigenvalue weighted by Gasteiger charge is -2.36. The van der Waals surface area contributed by atoms with Crippen molar-refractivity contribution in [3.05, 3.63) is 30.0 Å². The van der Waals surface area contributed by atoms with E-state index in [4.69, 9.17) is 5.73 Å². The van der Waals surface area contributed by atoms with E-state index in [2.05, 4.69) is 18.9 Å². The Bertz CT molecular complexity index is 1090. The maximum Gasteiger partial charge on any atom is 0.269 e. The van der Waals surface area contributed by atoms with Crippen LogP contribution in [0, 0.1) is 17.3 Å². The number of Topliss-reactive ketones (excluding diaryl/α,β-unsaturated/α-hetero) is 1. The van der Waals surface area contributed by atoms with Gasteiger partial charge in [0.05, 0.1) is 11.6 Å². The molecule has 2 heterocycles. The molecule has 7 nitrogen and oxygen atoms in total. The lowest BCUT2D eigenvalue weighted by Crippen LogP contribution is -2.45.